The number of amidine groups is 1. The minimum Gasteiger partial charge on any atom is -0.368 e. The highest BCUT2D eigenvalue weighted by molar-refractivity contribution is 7.90. The molecule has 2 aromatic rings. The van der Waals surface area contributed by atoms with Crippen molar-refractivity contribution in [3.8, 4) is 0 Å². The molecule has 0 saturated carbocycles. The number of sulfonamides is 1. The summed E-state index contributed by atoms with van der Waals surface area (Å²) in [7, 11) is -3.57. The van der Waals surface area contributed by atoms with Gasteiger partial charge < -0.3 is 9.80 Å². The highest BCUT2D eigenvalue weighted by atomic mass is 32.2. The fraction of sp³-hybridized carbons (Fsp3) is 0.318. The maximum absolute atomic E-state index is 12.6. The van der Waals surface area contributed by atoms with Crippen LogP contribution in [0.1, 0.15) is 29.3 Å². The second-order valence-corrected chi connectivity index (χ2v) is 9.20. The number of hydrogen-bond acceptors (Lipinski definition) is 6. The molecule has 2 heterocycles. The SMILES string of the molecule is CC(=O)c1ccc(N2CCN(C(=O)CCN=C3NS(=O)(=O)c4ccccc43)CC2)cc1. The number of amides is 1. The molecule has 1 saturated heterocycles. The van der Waals surface area contributed by atoms with Crippen LogP contribution in [0.3, 0.4) is 0 Å². The summed E-state index contributed by atoms with van der Waals surface area (Å²) in [6.07, 6.45) is 0.223. The number of aliphatic imine (C=N–C) groups is 1. The number of anilines is 1. The minimum absolute atomic E-state index is 0.00469. The van der Waals surface area contributed by atoms with Crippen LogP contribution in [0, 0.1) is 0 Å². The van der Waals surface area contributed by atoms with E-state index < -0.39 is 10.0 Å². The first-order chi connectivity index (χ1) is 14.8. The lowest BCUT2D eigenvalue weighted by Gasteiger charge is -2.36. The summed E-state index contributed by atoms with van der Waals surface area (Å²) in [4.78, 5) is 32.5. The molecule has 1 amide bonds. The topological polar surface area (TPSA) is 99.2 Å². The van der Waals surface area contributed by atoms with Crippen molar-refractivity contribution >= 4 is 33.2 Å². The molecule has 0 bridgehead atoms. The maximum Gasteiger partial charge on any atom is 0.263 e. The molecule has 1 N–H and O–H groups in total. The summed E-state index contributed by atoms with van der Waals surface area (Å²) in [5.74, 6) is 0.340. The Morgan fingerprint density at radius 2 is 1.68 bits per heavy atom. The first kappa shape index (κ1) is 21.0. The van der Waals surface area contributed by atoms with Crippen molar-refractivity contribution in [3.05, 3.63) is 59.7 Å². The minimum atomic E-state index is -3.57. The molecule has 0 atom stereocenters. The van der Waals surface area contributed by atoms with Gasteiger partial charge in [0.05, 0.1) is 11.4 Å². The van der Waals surface area contributed by atoms with Gasteiger partial charge in [-0.25, -0.2) is 8.42 Å². The van der Waals surface area contributed by atoms with Crippen molar-refractivity contribution in [1.29, 1.82) is 0 Å². The van der Waals surface area contributed by atoms with Crippen LogP contribution >= 0.6 is 0 Å². The van der Waals surface area contributed by atoms with E-state index in [1.165, 1.54) is 0 Å². The Hall–Kier alpha value is -3.20. The Bertz CT molecular complexity index is 1130. The third-order valence-corrected chi connectivity index (χ3v) is 6.93. The fourth-order valence-electron chi connectivity index (χ4n) is 3.79. The Morgan fingerprint density at radius 3 is 2.35 bits per heavy atom. The van der Waals surface area contributed by atoms with E-state index >= 15 is 0 Å². The lowest BCUT2D eigenvalue weighted by molar-refractivity contribution is -0.131. The van der Waals surface area contributed by atoms with Crippen molar-refractivity contribution in [1.82, 2.24) is 9.62 Å². The highest BCUT2D eigenvalue weighted by Gasteiger charge is 2.30. The van der Waals surface area contributed by atoms with Crippen LogP contribution in [-0.2, 0) is 14.8 Å². The highest BCUT2D eigenvalue weighted by Crippen LogP contribution is 2.22. The predicted octanol–water partition coefficient (Wildman–Crippen LogP) is 1.67. The molecule has 2 aromatic carbocycles. The van der Waals surface area contributed by atoms with Crippen LogP contribution in [0.5, 0.6) is 0 Å². The number of carbonyl (C=O) groups excluding carboxylic acids is 2. The lowest BCUT2D eigenvalue weighted by atomic mass is 10.1. The van der Waals surface area contributed by atoms with Crippen LogP contribution in [-0.4, -0.2) is 63.6 Å². The number of benzene rings is 2. The van der Waals surface area contributed by atoms with Gasteiger partial charge in [-0.2, -0.15) is 0 Å². The molecule has 0 aromatic heterocycles. The summed E-state index contributed by atoms with van der Waals surface area (Å²) in [6.45, 7) is 4.42. The Labute approximate surface area is 181 Å². The average molecular weight is 441 g/mol. The number of fused-ring (bicyclic) bond motifs is 1. The zero-order chi connectivity index (χ0) is 22.0. The smallest absolute Gasteiger partial charge is 0.263 e. The summed E-state index contributed by atoms with van der Waals surface area (Å²) < 4.78 is 26.7. The number of rotatable bonds is 5. The third kappa shape index (κ3) is 4.46. The van der Waals surface area contributed by atoms with E-state index in [1.807, 2.05) is 29.2 Å². The normalized spacial score (nSPS) is 18.5. The molecule has 2 aliphatic rings. The Kier molecular flexibility index (Phi) is 5.77. The standard InChI is InChI=1S/C22H24N4O4S/c1-16(27)17-6-8-18(9-7-17)25-12-14-26(15-13-25)21(28)10-11-23-22-19-4-2-3-5-20(19)31(29,30)24-22/h2-9H,10-15H2,1H3,(H,23,24). The number of Topliss-reactive ketones (excluding diaryl/α,β-unsaturated/α-hetero) is 1. The van der Waals surface area contributed by atoms with Gasteiger partial charge in [-0.3, -0.25) is 19.3 Å². The summed E-state index contributed by atoms with van der Waals surface area (Å²) >= 11 is 0. The van der Waals surface area contributed by atoms with Crippen LogP contribution < -0.4 is 9.62 Å². The van der Waals surface area contributed by atoms with E-state index in [4.69, 9.17) is 0 Å². The number of carbonyl (C=O) groups is 2. The monoisotopic (exact) mass is 440 g/mol. The molecule has 1 fully saturated rings. The van der Waals surface area contributed by atoms with Gasteiger partial charge in [0.15, 0.2) is 5.78 Å². The molecule has 4 rings (SSSR count). The second-order valence-electron chi connectivity index (χ2n) is 7.55. The summed E-state index contributed by atoms with van der Waals surface area (Å²) in [6, 6.07) is 14.2. The molecular weight excluding hydrogens is 416 g/mol. The van der Waals surface area contributed by atoms with Crippen LogP contribution in [0.15, 0.2) is 58.4 Å². The van der Waals surface area contributed by atoms with Gasteiger partial charge in [0.2, 0.25) is 5.91 Å². The predicted molar refractivity (Wildman–Crippen MR) is 118 cm³/mol. The van der Waals surface area contributed by atoms with Crippen molar-refractivity contribution in [2.24, 2.45) is 4.99 Å². The summed E-state index contributed by atoms with van der Waals surface area (Å²) in [5, 5.41) is 0. The van der Waals surface area contributed by atoms with Crippen LogP contribution in [0.25, 0.3) is 0 Å². The van der Waals surface area contributed by atoms with Gasteiger partial charge in [-0.05, 0) is 43.3 Å². The Morgan fingerprint density at radius 1 is 1.00 bits per heavy atom. The van der Waals surface area contributed by atoms with Crippen LogP contribution in [0.4, 0.5) is 5.69 Å². The van der Waals surface area contributed by atoms with E-state index in [9.17, 15) is 18.0 Å². The molecule has 0 radical (unpaired) electrons. The largest absolute Gasteiger partial charge is 0.368 e. The maximum atomic E-state index is 12.6. The Balaban J connectivity index is 1.30. The number of piperazine rings is 1. The van der Waals surface area contributed by atoms with Crippen molar-refractivity contribution in [2.75, 3.05) is 37.6 Å². The number of hydrogen-bond donors (Lipinski definition) is 1. The van der Waals surface area contributed by atoms with E-state index in [0.717, 1.165) is 5.69 Å². The first-order valence-electron chi connectivity index (χ1n) is 10.2. The zero-order valence-corrected chi connectivity index (χ0v) is 18.1. The second kappa shape index (κ2) is 8.50. The van der Waals surface area contributed by atoms with Crippen molar-refractivity contribution < 1.29 is 18.0 Å². The molecule has 2 aliphatic heterocycles. The van der Waals surface area contributed by atoms with Gasteiger partial charge in [0.1, 0.15) is 5.84 Å². The van der Waals surface area contributed by atoms with Crippen molar-refractivity contribution in [3.63, 3.8) is 0 Å². The van der Waals surface area contributed by atoms with Gasteiger partial charge in [-0.1, -0.05) is 12.1 Å². The third-order valence-electron chi connectivity index (χ3n) is 5.53. The molecule has 0 unspecified atom stereocenters. The molecule has 8 nitrogen and oxygen atoms in total. The van der Waals surface area contributed by atoms with Gasteiger partial charge in [0, 0.05) is 49.4 Å². The molecule has 162 valence electrons. The van der Waals surface area contributed by atoms with E-state index in [2.05, 4.69) is 14.6 Å². The van der Waals surface area contributed by atoms with Gasteiger partial charge >= 0.3 is 0 Å². The van der Waals surface area contributed by atoms with Gasteiger partial charge in [-0.15, -0.1) is 0 Å². The average Bonchev–Trinajstić information content (AvgIpc) is 3.04. The van der Waals surface area contributed by atoms with E-state index in [1.54, 1.807) is 31.2 Å². The number of nitrogens with zero attached hydrogens (tertiary/aromatic N) is 3. The van der Waals surface area contributed by atoms with E-state index in [0.29, 0.717) is 43.1 Å². The van der Waals surface area contributed by atoms with Crippen LogP contribution in [0.2, 0.25) is 0 Å². The fourth-order valence-corrected chi connectivity index (χ4v) is 5.04. The zero-order valence-electron chi connectivity index (χ0n) is 17.2. The molecule has 0 aliphatic carbocycles. The molecule has 9 heteroatoms. The number of nitrogens with one attached hydrogen (secondary N) is 1. The number of ketones is 1. The summed E-state index contributed by atoms with van der Waals surface area (Å²) in [5.41, 5.74) is 2.27. The molecular formula is C22H24N4O4S. The first-order valence-corrected chi connectivity index (χ1v) is 11.6. The van der Waals surface area contributed by atoms with Gasteiger partial charge in [0.25, 0.3) is 10.0 Å². The quantitative estimate of drug-likeness (QED) is 0.713. The molecule has 0 spiro atoms. The van der Waals surface area contributed by atoms with E-state index in [-0.39, 0.29) is 29.6 Å². The van der Waals surface area contributed by atoms with Crippen molar-refractivity contribution in [2.45, 2.75) is 18.2 Å². The molecule has 31 heavy (non-hydrogen) atoms. The lowest BCUT2D eigenvalue weighted by Crippen LogP contribution is -2.48.